The summed E-state index contributed by atoms with van der Waals surface area (Å²) in [5, 5.41) is 14.1. The molecule has 0 aliphatic heterocycles. The molecule has 0 unspecified atom stereocenters. The lowest BCUT2D eigenvalue weighted by Crippen LogP contribution is -2.24. The van der Waals surface area contributed by atoms with Gasteiger partial charge in [-0.15, -0.1) is 15.3 Å². The average Bonchev–Trinajstić information content (AvgIpc) is 3.46. The van der Waals surface area contributed by atoms with Gasteiger partial charge >= 0.3 is 6.18 Å². The minimum absolute atomic E-state index is 0.0352. The lowest BCUT2D eigenvalue weighted by molar-refractivity contribution is -0.162. The zero-order valence-electron chi connectivity index (χ0n) is 17.2. The van der Waals surface area contributed by atoms with Gasteiger partial charge < -0.3 is 14.6 Å². The van der Waals surface area contributed by atoms with E-state index in [4.69, 9.17) is 4.74 Å². The van der Waals surface area contributed by atoms with Crippen molar-refractivity contribution in [2.24, 2.45) is 0 Å². The highest BCUT2D eigenvalue weighted by Crippen LogP contribution is 2.32. The largest absolute Gasteiger partial charge is 0.479 e. The molecular weight excluding hydrogens is 443 g/mol. The van der Waals surface area contributed by atoms with Crippen molar-refractivity contribution in [2.75, 3.05) is 12.4 Å². The minimum Gasteiger partial charge on any atom is -0.479 e. The van der Waals surface area contributed by atoms with Gasteiger partial charge in [-0.05, 0) is 19.1 Å². The molecule has 0 spiro atoms. The molecule has 14 heteroatoms. The Morgan fingerprint density at radius 2 is 2.06 bits per heavy atom. The molecule has 170 valence electrons. The van der Waals surface area contributed by atoms with Crippen LogP contribution in [0.5, 0.6) is 5.88 Å². The molecule has 0 saturated heterocycles. The van der Waals surface area contributed by atoms with Gasteiger partial charge in [0.1, 0.15) is 29.4 Å². The number of nitrogens with zero attached hydrogens (tertiary/aromatic N) is 8. The van der Waals surface area contributed by atoms with Crippen LogP contribution >= 0.6 is 0 Å². The summed E-state index contributed by atoms with van der Waals surface area (Å²) in [7, 11) is 1.35. The first-order valence-electron chi connectivity index (χ1n) is 9.43. The Balaban J connectivity index is 1.60. The highest BCUT2D eigenvalue weighted by Gasteiger charge is 2.38. The first-order chi connectivity index (χ1) is 15.8. The maximum absolute atomic E-state index is 13.2. The van der Waals surface area contributed by atoms with Crippen LogP contribution in [-0.4, -0.2) is 58.7 Å². The summed E-state index contributed by atoms with van der Waals surface area (Å²) in [6.07, 6.45) is 2.31. The molecule has 0 saturated carbocycles. The van der Waals surface area contributed by atoms with Crippen LogP contribution in [0.4, 0.5) is 19.0 Å². The fraction of sp³-hybridized carbons (Fsp3) is 0.211. The molecule has 4 aromatic rings. The Hall–Kier alpha value is -4.36. The number of ether oxygens (including phenoxy) is 1. The second-order valence-corrected chi connectivity index (χ2v) is 6.70. The Morgan fingerprint density at radius 1 is 1.24 bits per heavy atom. The third-order valence-corrected chi connectivity index (χ3v) is 4.59. The SMILES string of the molecule is COc1nn(-c2cnccn2)cc1C(=O)Nc1cccc(-c2nncn2[C@@H](C)C(F)(F)F)n1. The monoisotopic (exact) mass is 459 g/mol. The number of hydrogen-bond acceptors (Lipinski definition) is 8. The van der Waals surface area contributed by atoms with Crippen LogP contribution in [0.1, 0.15) is 23.3 Å². The van der Waals surface area contributed by atoms with Crippen molar-refractivity contribution < 1.29 is 22.7 Å². The van der Waals surface area contributed by atoms with E-state index in [1.54, 1.807) is 0 Å². The Labute approximate surface area is 184 Å². The van der Waals surface area contributed by atoms with Crippen LogP contribution in [0.25, 0.3) is 17.3 Å². The highest BCUT2D eigenvalue weighted by atomic mass is 19.4. The molecule has 1 N–H and O–H groups in total. The van der Waals surface area contributed by atoms with Gasteiger partial charge in [0, 0.05) is 18.6 Å². The smallest absolute Gasteiger partial charge is 0.408 e. The molecule has 0 fully saturated rings. The predicted molar refractivity (Wildman–Crippen MR) is 108 cm³/mol. The Bertz CT molecular complexity index is 1270. The summed E-state index contributed by atoms with van der Waals surface area (Å²) in [6, 6.07) is 2.61. The van der Waals surface area contributed by atoms with Crippen LogP contribution in [0.3, 0.4) is 0 Å². The summed E-state index contributed by atoms with van der Waals surface area (Å²) >= 11 is 0. The van der Waals surface area contributed by atoms with Gasteiger partial charge in [-0.2, -0.15) is 13.2 Å². The zero-order chi connectivity index (χ0) is 23.6. The maximum Gasteiger partial charge on any atom is 0.408 e. The summed E-state index contributed by atoms with van der Waals surface area (Å²) in [5.74, 6) is -0.206. The number of alkyl halides is 3. The number of anilines is 1. The number of amides is 1. The van der Waals surface area contributed by atoms with Gasteiger partial charge in [0.05, 0.1) is 13.3 Å². The summed E-state index contributed by atoms with van der Waals surface area (Å²) < 4.78 is 46.8. The number of pyridine rings is 1. The van der Waals surface area contributed by atoms with Crippen molar-refractivity contribution in [1.82, 2.24) is 39.5 Å². The van der Waals surface area contributed by atoms with Crippen LogP contribution in [0, 0.1) is 0 Å². The van der Waals surface area contributed by atoms with E-state index in [1.807, 2.05) is 0 Å². The van der Waals surface area contributed by atoms with E-state index in [9.17, 15) is 18.0 Å². The second-order valence-electron chi connectivity index (χ2n) is 6.70. The van der Waals surface area contributed by atoms with E-state index in [2.05, 4.69) is 35.6 Å². The van der Waals surface area contributed by atoms with Gasteiger partial charge in [0.2, 0.25) is 5.88 Å². The van der Waals surface area contributed by atoms with Crippen molar-refractivity contribution in [3.8, 4) is 23.2 Å². The lowest BCUT2D eigenvalue weighted by Gasteiger charge is -2.18. The van der Waals surface area contributed by atoms with Crippen LogP contribution in [-0.2, 0) is 0 Å². The number of nitrogens with one attached hydrogen (secondary N) is 1. The van der Waals surface area contributed by atoms with Crippen molar-refractivity contribution >= 4 is 11.7 Å². The number of carbonyl (C=O) groups is 1. The van der Waals surface area contributed by atoms with E-state index >= 15 is 0 Å². The van der Waals surface area contributed by atoms with E-state index in [1.165, 1.54) is 54.8 Å². The van der Waals surface area contributed by atoms with Gasteiger partial charge in [-0.1, -0.05) is 6.07 Å². The molecule has 0 aromatic carbocycles. The standard InChI is InChI=1S/C19H16F3N9O2/c1-11(19(20,21)22)30-10-25-28-16(30)13-4-3-5-14(26-13)27-17(32)12-9-31(29-18(12)33-2)15-8-23-6-7-24-15/h3-11H,1-2H3,(H,26,27,32)/t11-/m0/s1. The molecule has 1 amide bonds. The fourth-order valence-corrected chi connectivity index (χ4v) is 2.87. The van der Waals surface area contributed by atoms with E-state index in [0.717, 1.165) is 17.8 Å². The molecule has 0 aliphatic rings. The van der Waals surface area contributed by atoms with Crippen LogP contribution in [0.2, 0.25) is 0 Å². The zero-order valence-corrected chi connectivity index (χ0v) is 17.2. The highest BCUT2D eigenvalue weighted by molar-refractivity contribution is 6.05. The van der Waals surface area contributed by atoms with Crippen molar-refractivity contribution in [3.63, 3.8) is 0 Å². The number of aromatic nitrogens is 8. The van der Waals surface area contributed by atoms with Crippen LogP contribution in [0.15, 0.2) is 49.3 Å². The summed E-state index contributed by atoms with van der Waals surface area (Å²) in [4.78, 5) is 25.1. The minimum atomic E-state index is -4.50. The summed E-state index contributed by atoms with van der Waals surface area (Å²) in [6.45, 7) is 0.986. The van der Waals surface area contributed by atoms with Crippen LogP contribution < -0.4 is 10.1 Å². The molecular formula is C19H16F3N9O2. The number of hydrogen-bond donors (Lipinski definition) is 1. The molecule has 11 nitrogen and oxygen atoms in total. The molecule has 4 rings (SSSR count). The maximum atomic E-state index is 13.2. The second kappa shape index (κ2) is 8.64. The molecule has 33 heavy (non-hydrogen) atoms. The number of halogens is 3. The molecule has 0 aliphatic carbocycles. The first-order valence-corrected chi connectivity index (χ1v) is 9.43. The number of carbonyl (C=O) groups excluding carboxylic acids is 1. The number of rotatable bonds is 6. The quantitative estimate of drug-likeness (QED) is 0.467. The van der Waals surface area contributed by atoms with Gasteiger partial charge in [-0.3, -0.25) is 9.78 Å². The Kier molecular flexibility index (Phi) is 5.72. The van der Waals surface area contributed by atoms with E-state index in [0.29, 0.717) is 5.82 Å². The molecule has 0 bridgehead atoms. The van der Waals surface area contributed by atoms with E-state index in [-0.39, 0.29) is 28.8 Å². The topological polar surface area (TPSA) is 126 Å². The third kappa shape index (κ3) is 4.49. The number of methoxy groups -OCH3 is 1. The van der Waals surface area contributed by atoms with Gasteiger partial charge in [0.25, 0.3) is 5.91 Å². The van der Waals surface area contributed by atoms with Gasteiger partial charge in [-0.25, -0.2) is 14.6 Å². The Morgan fingerprint density at radius 3 is 2.76 bits per heavy atom. The molecule has 0 radical (unpaired) electrons. The molecule has 4 heterocycles. The normalized spacial score (nSPS) is 12.4. The van der Waals surface area contributed by atoms with Crippen molar-refractivity contribution in [3.05, 3.63) is 54.9 Å². The lowest BCUT2D eigenvalue weighted by atomic mass is 10.2. The summed E-state index contributed by atoms with van der Waals surface area (Å²) in [5.41, 5.74) is 0.188. The fourth-order valence-electron chi connectivity index (χ4n) is 2.87. The predicted octanol–water partition coefficient (Wildman–Crippen LogP) is 2.70. The molecule has 1 atom stereocenters. The third-order valence-electron chi connectivity index (χ3n) is 4.59. The van der Waals surface area contributed by atoms with Crippen molar-refractivity contribution in [1.29, 1.82) is 0 Å². The molecule has 4 aromatic heterocycles. The van der Waals surface area contributed by atoms with Crippen molar-refractivity contribution in [2.45, 2.75) is 19.1 Å². The first kappa shape index (κ1) is 21.9. The van der Waals surface area contributed by atoms with Gasteiger partial charge in [0.15, 0.2) is 11.6 Å². The average molecular weight is 459 g/mol. The van der Waals surface area contributed by atoms with E-state index < -0.39 is 18.1 Å².